The maximum Gasteiger partial charge on any atom is 0.250 e. The monoisotopic (exact) mass is 1060 g/mol. The van der Waals surface area contributed by atoms with Crippen molar-refractivity contribution in [2.75, 3.05) is 0 Å². The first-order chi connectivity index (χ1) is 35.4. The van der Waals surface area contributed by atoms with Crippen LogP contribution in [0.15, 0.2) is 0 Å². The van der Waals surface area contributed by atoms with Crippen LogP contribution in [0.3, 0.4) is 0 Å². The lowest BCUT2D eigenvalue weighted by Crippen LogP contribution is -2.10. The molecule has 0 spiro atoms. The summed E-state index contributed by atoms with van der Waals surface area (Å²) in [5.41, 5.74) is -35.7. The van der Waals surface area contributed by atoms with Gasteiger partial charge >= 0.3 is 0 Å². The first-order valence-corrected chi connectivity index (χ1v) is 19.3. The minimum atomic E-state index is -2.87. The van der Waals surface area contributed by atoms with Gasteiger partial charge in [0.15, 0.2) is 98.9 Å². The van der Waals surface area contributed by atoms with Gasteiger partial charge in [-0.1, -0.05) is 0 Å². The molecule has 0 aliphatic carbocycles. The van der Waals surface area contributed by atoms with Gasteiger partial charge in [0.25, 0.3) is 0 Å². The second-order valence-electron chi connectivity index (χ2n) is 15.1. The molecule has 3 aromatic heterocycles. The van der Waals surface area contributed by atoms with E-state index in [-0.39, 0.29) is 0 Å². The van der Waals surface area contributed by atoms with Gasteiger partial charge in [0, 0.05) is 0 Å². The standard InChI is InChI=1S/C45F21N9/c1-69-35-20(54)11(10-18(52)28(62)32(66)29(63)19(10)53)23(57)38-39(35)75-45-43-40(70-34-5(3-68)13(47)7(22(56)37(34)73-43)9-16(50)26(60)31(65)27(61)17(9)51)42-41(44(45)74-38)71-33-4(2-67)12(46)6(21(55)36(33)72-42)8-14(48)24(58)30(64)25(59)15(8)49. The Balaban J connectivity index is 1.46. The first kappa shape index (κ1) is 48.9. The summed E-state index contributed by atoms with van der Waals surface area (Å²) in [6.07, 6.45) is 0. The van der Waals surface area contributed by atoms with Crippen molar-refractivity contribution in [2.45, 2.75) is 0 Å². The molecule has 10 aromatic rings. The van der Waals surface area contributed by atoms with E-state index in [2.05, 4.69) is 34.7 Å². The molecule has 0 saturated carbocycles. The van der Waals surface area contributed by atoms with Crippen molar-refractivity contribution in [3.8, 4) is 45.5 Å². The topological polar surface area (TPSA) is 129 Å². The third-order valence-corrected chi connectivity index (χ3v) is 11.4. The Morgan fingerprint density at radius 3 is 0.693 bits per heavy atom. The summed E-state index contributed by atoms with van der Waals surface area (Å²) in [5, 5.41) is 20.1. The predicted octanol–water partition coefficient (Wildman–Crippen LogP) is 13.2. The molecular formula is C45F21N9. The van der Waals surface area contributed by atoms with Crippen molar-refractivity contribution in [1.82, 2.24) is 29.9 Å². The van der Waals surface area contributed by atoms with Gasteiger partial charge in [-0.2, -0.15) is 10.5 Å². The molecule has 3 heterocycles. The second-order valence-corrected chi connectivity index (χ2v) is 15.1. The molecular weight excluding hydrogens is 1070 g/mol. The highest BCUT2D eigenvalue weighted by Gasteiger charge is 2.38. The summed E-state index contributed by atoms with van der Waals surface area (Å²) >= 11 is 0. The fourth-order valence-electron chi connectivity index (χ4n) is 8.03. The molecule has 7 aromatic carbocycles. The summed E-state index contributed by atoms with van der Waals surface area (Å²) < 4.78 is 319. The van der Waals surface area contributed by atoms with Gasteiger partial charge in [-0.25, -0.2) is 122 Å². The van der Waals surface area contributed by atoms with E-state index in [1.165, 1.54) is 0 Å². The fraction of sp³-hybridized carbons (Fsp3) is 0. The maximum absolute atomic E-state index is 16.7. The minimum Gasteiger partial charge on any atom is -0.253 e. The molecule has 0 N–H and O–H groups in total. The zero-order valence-corrected chi connectivity index (χ0v) is 34.5. The van der Waals surface area contributed by atoms with Gasteiger partial charge in [-0.15, -0.1) is 0 Å². The largest absolute Gasteiger partial charge is 0.253 e. The van der Waals surface area contributed by atoms with Gasteiger partial charge in [0.2, 0.25) is 23.1 Å². The van der Waals surface area contributed by atoms with Crippen LogP contribution in [0.2, 0.25) is 0 Å². The van der Waals surface area contributed by atoms with Crippen LogP contribution in [0.4, 0.5) is 97.9 Å². The molecule has 10 rings (SSSR count). The van der Waals surface area contributed by atoms with Crippen LogP contribution in [0, 0.1) is 151 Å². The molecule has 0 radical (unpaired) electrons. The summed E-state index contributed by atoms with van der Waals surface area (Å²) in [6, 6.07) is 2.11. The van der Waals surface area contributed by atoms with E-state index in [9.17, 15) is 50.0 Å². The number of benzene rings is 7. The number of hydrogen-bond donors (Lipinski definition) is 0. The third-order valence-electron chi connectivity index (χ3n) is 11.4. The van der Waals surface area contributed by atoms with E-state index in [0.717, 1.165) is 12.1 Å². The van der Waals surface area contributed by atoms with Crippen LogP contribution in [0.1, 0.15) is 11.1 Å². The molecule has 30 heteroatoms. The van der Waals surface area contributed by atoms with Gasteiger partial charge in [-0.3, -0.25) is 4.98 Å². The molecule has 0 saturated heterocycles. The number of rotatable bonds is 3. The Bertz CT molecular complexity index is 4030. The molecule has 0 unspecified atom stereocenters. The van der Waals surface area contributed by atoms with E-state index < -0.39 is 239 Å². The van der Waals surface area contributed by atoms with E-state index >= 15 is 52.7 Å². The van der Waals surface area contributed by atoms with Crippen molar-refractivity contribution in [2.24, 2.45) is 0 Å². The van der Waals surface area contributed by atoms with Crippen LogP contribution in [-0.2, 0) is 0 Å². The highest BCUT2D eigenvalue weighted by atomic mass is 19.2. The summed E-state index contributed by atoms with van der Waals surface area (Å²) in [7, 11) is 0. The summed E-state index contributed by atoms with van der Waals surface area (Å²) in [6.45, 7) is 7.61. The smallest absolute Gasteiger partial charge is 0.250 e. The quantitative estimate of drug-likeness (QED) is 0.0427. The van der Waals surface area contributed by atoms with Crippen molar-refractivity contribution in [3.05, 3.63) is 145 Å². The number of nitriles is 2. The molecule has 372 valence electrons. The lowest BCUT2D eigenvalue weighted by molar-refractivity contribution is 0.380. The van der Waals surface area contributed by atoms with Gasteiger partial charge in [-0.05, 0) is 0 Å². The number of aromatic nitrogens is 6. The van der Waals surface area contributed by atoms with Crippen LogP contribution < -0.4 is 0 Å². The lowest BCUT2D eigenvalue weighted by Gasteiger charge is -2.16. The van der Waals surface area contributed by atoms with E-state index in [0.29, 0.717) is 0 Å². The average molecular weight is 1070 g/mol. The van der Waals surface area contributed by atoms with Crippen molar-refractivity contribution in [3.63, 3.8) is 0 Å². The fourth-order valence-corrected chi connectivity index (χ4v) is 8.03. The van der Waals surface area contributed by atoms with Crippen LogP contribution in [0.5, 0.6) is 0 Å². The zero-order chi connectivity index (χ0) is 54.6. The number of hydrogen-bond acceptors (Lipinski definition) is 8. The van der Waals surface area contributed by atoms with Crippen molar-refractivity contribution >= 4 is 71.9 Å². The molecule has 0 bridgehead atoms. The normalized spacial score (nSPS) is 11.8. The maximum atomic E-state index is 16.7. The number of fused-ring (bicyclic) bond motifs is 9. The van der Waals surface area contributed by atoms with Gasteiger partial charge < -0.3 is 0 Å². The summed E-state index contributed by atoms with van der Waals surface area (Å²) in [4.78, 5) is 25.5. The Morgan fingerprint density at radius 2 is 0.440 bits per heavy atom. The molecule has 9 nitrogen and oxygen atoms in total. The molecule has 0 fully saturated rings. The van der Waals surface area contributed by atoms with Crippen molar-refractivity contribution in [1.29, 1.82) is 10.5 Å². The Kier molecular flexibility index (Phi) is 10.7. The number of nitrogens with zero attached hydrogens (tertiary/aromatic N) is 9. The molecule has 0 aliphatic heterocycles. The van der Waals surface area contributed by atoms with E-state index in [1.807, 2.05) is 0 Å². The average Bonchev–Trinajstić information content (AvgIpc) is 3.40. The molecule has 0 amide bonds. The highest BCUT2D eigenvalue weighted by molar-refractivity contribution is 6.22. The lowest BCUT2D eigenvalue weighted by atomic mass is 9.97. The van der Waals surface area contributed by atoms with Crippen LogP contribution in [0.25, 0.3) is 104 Å². The van der Waals surface area contributed by atoms with Crippen molar-refractivity contribution < 1.29 is 92.2 Å². The van der Waals surface area contributed by atoms with E-state index in [4.69, 9.17) is 6.57 Å². The SMILES string of the molecule is [C-]#[N+]c1c(F)c(-c2c(F)c(F)c(F)c(F)c2F)c(F)c2nc3c4nc5c(C#N)c(F)c(-c6c(F)c(F)c(F)c(F)c6F)c(F)c5nc4c4nc5c(C#N)c(F)c(-c6c(F)c(F)c(F)c(F)c6F)c(F)c5nc4c3nc12. The molecule has 75 heavy (non-hydrogen) atoms. The minimum absolute atomic E-state index is 1.05. The van der Waals surface area contributed by atoms with E-state index in [1.54, 1.807) is 0 Å². The highest BCUT2D eigenvalue weighted by Crippen LogP contribution is 2.46. The van der Waals surface area contributed by atoms with Gasteiger partial charge in [0.1, 0.15) is 95.3 Å². The zero-order valence-electron chi connectivity index (χ0n) is 34.5. The van der Waals surface area contributed by atoms with Gasteiger partial charge in [0.05, 0.1) is 40.0 Å². The predicted molar refractivity (Wildman–Crippen MR) is 209 cm³/mol. The molecule has 0 aliphatic rings. The summed E-state index contributed by atoms with van der Waals surface area (Å²) in [5.74, 6) is -57.4. The van der Waals surface area contributed by atoms with Crippen LogP contribution >= 0.6 is 0 Å². The Labute approximate surface area is 394 Å². The second kappa shape index (κ2) is 16.4. The Morgan fingerprint density at radius 1 is 0.240 bits per heavy atom. The molecule has 0 atom stereocenters. The third kappa shape index (κ3) is 6.23. The first-order valence-electron chi connectivity index (χ1n) is 19.3. The Hall–Kier alpha value is -9.66. The number of halogens is 21. The van der Waals surface area contributed by atoms with Crippen LogP contribution in [-0.4, -0.2) is 29.9 Å².